The van der Waals surface area contributed by atoms with Gasteiger partial charge >= 0.3 is 0 Å². The Morgan fingerprint density at radius 3 is 2.07 bits per heavy atom. The van der Waals surface area contributed by atoms with Crippen LogP contribution in [0.1, 0.15) is 26.3 Å². The number of pyridine rings is 1. The summed E-state index contributed by atoms with van der Waals surface area (Å²) >= 11 is 0. The Hall–Kier alpha value is -3.59. The van der Waals surface area contributed by atoms with Gasteiger partial charge < -0.3 is 0 Å². The van der Waals surface area contributed by atoms with E-state index in [1.54, 1.807) is 41.2 Å². The van der Waals surface area contributed by atoms with Gasteiger partial charge in [0.15, 0.2) is 18.2 Å². The number of benzene rings is 3. The van der Waals surface area contributed by atoms with Gasteiger partial charge in [-0.05, 0) is 10.8 Å². The number of aromatic nitrogens is 1. The monoisotopic (exact) mass is 352 g/mol. The van der Waals surface area contributed by atoms with Crippen molar-refractivity contribution in [2.24, 2.45) is 0 Å². The van der Waals surface area contributed by atoms with Crippen molar-refractivity contribution >= 4 is 22.3 Å². The van der Waals surface area contributed by atoms with Crippen LogP contribution < -0.4 is 4.57 Å². The van der Waals surface area contributed by atoms with Gasteiger partial charge in [-0.25, -0.2) is 0 Å². The average molecular weight is 352 g/mol. The molecule has 1 aromatic heterocycles. The molecule has 0 aliphatic carbocycles. The van der Waals surface area contributed by atoms with Gasteiger partial charge in [0.25, 0.3) is 0 Å². The normalized spacial score (nSPS) is 10.7. The van der Waals surface area contributed by atoms with Crippen molar-refractivity contribution in [2.75, 3.05) is 0 Å². The van der Waals surface area contributed by atoms with Crippen molar-refractivity contribution < 1.29 is 14.2 Å². The Bertz CT molecular complexity index is 1110. The highest BCUT2D eigenvalue weighted by atomic mass is 16.1. The molecule has 1 heterocycles. The van der Waals surface area contributed by atoms with Crippen molar-refractivity contribution in [1.82, 2.24) is 0 Å². The van der Waals surface area contributed by atoms with E-state index < -0.39 is 0 Å². The van der Waals surface area contributed by atoms with Crippen LogP contribution in [0.3, 0.4) is 0 Å². The van der Waals surface area contributed by atoms with Crippen LogP contribution in [0.5, 0.6) is 0 Å². The average Bonchev–Trinajstić information content (AvgIpc) is 2.74. The van der Waals surface area contributed by atoms with E-state index in [9.17, 15) is 9.59 Å². The zero-order chi connectivity index (χ0) is 18.6. The van der Waals surface area contributed by atoms with Gasteiger partial charge in [0.1, 0.15) is 0 Å². The fourth-order valence-electron chi connectivity index (χ4n) is 3.19. The van der Waals surface area contributed by atoms with Crippen molar-refractivity contribution in [3.63, 3.8) is 0 Å². The first-order chi connectivity index (χ1) is 13.2. The van der Waals surface area contributed by atoms with E-state index in [0.717, 1.165) is 10.8 Å². The van der Waals surface area contributed by atoms with Crippen LogP contribution in [-0.2, 0) is 6.54 Å². The summed E-state index contributed by atoms with van der Waals surface area (Å²) in [5.41, 5.74) is 1.97. The van der Waals surface area contributed by atoms with Crippen molar-refractivity contribution in [2.45, 2.75) is 6.54 Å². The molecule has 3 nitrogen and oxygen atoms in total. The second-order valence-corrected chi connectivity index (χ2v) is 6.40. The third-order valence-electron chi connectivity index (χ3n) is 4.61. The first-order valence-corrected chi connectivity index (χ1v) is 8.82. The Morgan fingerprint density at radius 2 is 1.30 bits per heavy atom. The number of fused-ring (bicyclic) bond motifs is 1. The lowest BCUT2D eigenvalue weighted by molar-refractivity contribution is -0.683. The smallest absolute Gasteiger partial charge is 0.228 e. The lowest BCUT2D eigenvalue weighted by atomic mass is 10.0. The molecule has 0 unspecified atom stereocenters. The maximum Gasteiger partial charge on any atom is 0.228 e. The maximum atomic E-state index is 12.8. The minimum atomic E-state index is -0.0249. The van der Waals surface area contributed by atoms with Crippen molar-refractivity contribution in [3.05, 3.63) is 114 Å². The number of hydrogen-bond acceptors (Lipinski definition) is 2. The largest absolute Gasteiger partial charge is 0.289 e. The third kappa shape index (κ3) is 3.53. The molecule has 130 valence electrons. The molecule has 0 bridgehead atoms. The summed E-state index contributed by atoms with van der Waals surface area (Å²) in [4.78, 5) is 25.3. The predicted octanol–water partition coefficient (Wildman–Crippen LogP) is 4.24. The SMILES string of the molecule is O=C(c1ccccc1)c1cc[n+](CC(=O)c2cccc3ccccc23)cc1. The number of rotatable bonds is 5. The summed E-state index contributed by atoms with van der Waals surface area (Å²) in [5, 5.41) is 2.01. The lowest BCUT2D eigenvalue weighted by Crippen LogP contribution is -2.37. The van der Waals surface area contributed by atoms with Gasteiger partial charge in [0.2, 0.25) is 12.3 Å². The third-order valence-corrected chi connectivity index (χ3v) is 4.61. The summed E-state index contributed by atoms with van der Waals surface area (Å²) in [7, 11) is 0. The maximum absolute atomic E-state index is 12.8. The topological polar surface area (TPSA) is 38.0 Å². The fraction of sp³-hybridized carbons (Fsp3) is 0.0417. The van der Waals surface area contributed by atoms with Crippen molar-refractivity contribution in [1.29, 1.82) is 0 Å². The number of carbonyl (C=O) groups excluding carboxylic acids is 2. The molecule has 0 radical (unpaired) electrons. The van der Waals surface area contributed by atoms with Crippen LogP contribution in [0.4, 0.5) is 0 Å². The van der Waals surface area contributed by atoms with Crippen LogP contribution in [0.2, 0.25) is 0 Å². The van der Waals surface area contributed by atoms with Crippen molar-refractivity contribution in [3.8, 4) is 0 Å². The summed E-state index contributed by atoms with van der Waals surface area (Å²) < 4.78 is 1.80. The molecule has 0 spiro atoms. The number of ketones is 2. The second kappa shape index (κ2) is 7.34. The molecule has 0 fully saturated rings. The molecule has 0 aliphatic rings. The molecule has 0 amide bonds. The van der Waals surface area contributed by atoms with Gasteiger partial charge in [-0.1, -0.05) is 72.8 Å². The van der Waals surface area contributed by atoms with Gasteiger partial charge in [-0.2, -0.15) is 4.57 Å². The van der Waals surface area contributed by atoms with E-state index >= 15 is 0 Å². The molecule has 3 aromatic carbocycles. The first-order valence-electron chi connectivity index (χ1n) is 8.82. The van der Waals surface area contributed by atoms with Crippen LogP contribution in [0, 0.1) is 0 Å². The molecule has 0 atom stereocenters. The van der Waals surface area contributed by atoms with Gasteiger partial charge in [-0.3, -0.25) is 9.59 Å². The lowest BCUT2D eigenvalue weighted by Gasteiger charge is -2.04. The van der Waals surface area contributed by atoms with Gasteiger partial charge in [-0.15, -0.1) is 0 Å². The Labute approximate surface area is 157 Å². The zero-order valence-corrected chi connectivity index (χ0v) is 14.7. The standard InChI is InChI=1S/C24H18NO2/c26-23(22-12-6-10-18-7-4-5-11-21(18)22)17-25-15-13-20(14-16-25)24(27)19-8-2-1-3-9-19/h1-16H,17H2/q+1. The molecular weight excluding hydrogens is 334 g/mol. The number of hydrogen-bond donors (Lipinski definition) is 0. The Morgan fingerprint density at radius 1 is 0.667 bits per heavy atom. The summed E-state index contributed by atoms with van der Waals surface area (Å²) in [6.45, 7) is 0.230. The minimum Gasteiger partial charge on any atom is -0.289 e. The predicted molar refractivity (Wildman–Crippen MR) is 105 cm³/mol. The molecule has 0 aliphatic heterocycles. The molecule has 0 saturated heterocycles. The molecule has 3 heteroatoms. The zero-order valence-electron chi connectivity index (χ0n) is 14.7. The van der Waals surface area contributed by atoms with Crippen LogP contribution in [0.25, 0.3) is 10.8 Å². The first kappa shape index (κ1) is 16.9. The Balaban J connectivity index is 1.55. The molecule has 0 saturated carbocycles. The quantitative estimate of drug-likeness (QED) is 0.398. The highest BCUT2D eigenvalue weighted by Gasteiger charge is 2.16. The van der Waals surface area contributed by atoms with E-state index in [-0.39, 0.29) is 18.1 Å². The highest BCUT2D eigenvalue weighted by molar-refractivity contribution is 6.09. The fourth-order valence-corrected chi connectivity index (χ4v) is 3.19. The summed E-state index contributed by atoms with van der Waals surface area (Å²) in [5.74, 6) is 0.0158. The minimum absolute atomic E-state index is 0.0249. The van der Waals surface area contributed by atoms with Gasteiger partial charge in [0, 0.05) is 28.8 Å². The van der Waals surface area contributed by atoms with E-state index in [1.807, 2.05) is 60.7 Å². The second-order valence-electron chi connectivity index (χ2n) is 6.40. The number of nitrogens with zero attached hydrogens (tertiary/aromatic N) is 1. The van der Waals surface area contributed by atoms with E-state index in [2.05, 4.69) is 0 Å². The van der Waals surface area contributed by atoms with Crippen LogP contribution in [-0.4, -0.2) is 11.6 Å². The van der Waals surface area contributed by atoms with E-state index in [1.165, 1.54) is 0 Å². The molecule has 4 rings (SSSR count). The summed E-state index contributed by atoms with van der Waals surface area (Å²) in [6.07, 6.45) is 3.55. The highest BCUT2D eigenvalue weighted by Crippen LogP contribution is 2.19. The van der Waals surface area contributed by atoms with Crippen LogP contribution in [0.15, 0.2) is 97.3 Å². The number of Topliss-reactive ketones (excluding diaryl/α,β-unsaturated/α-hetero) is 1. The van der Waals surface area contributed by atoms with Crippen LogP contribution >= 0.6 is 0 Å². The van der Waals surface area contributed by atoms with E-state index in [0.29, 0.717) is 16.7 Å². The Kier molecular flexibility index (Phi) is 4.58. The molecular formula is C24H18NO2+. The summed E-state index contributed by atoms with van der Waals surface area (Å²) in [6, 6.07) is 26.3. The van der Waals surface area contributed by atoms with Gasteiger partial charge in [0.05, 0.1) is 0 Å². The molecule has 0 N–H and O–H groups in total. The molecule has 27 heavy (non-hydrogen) atoms. The molecule has 4 aromatic rings. The number of carbonyl (C=O) groups is 2. The van der Waals surface area contributed by atoms with E-state index in [4.69, 9.17) is 0 Å².